The van der Waals surface area contributed by atoms with Crippen LogP contribution in [0.4, 0.5) is 8.78 Å². The molecule has 2 fully saturated rings. The van der Waals surface area contributed by atoms with Gasteiger partial charge in [0.2, 0.25) is 0 Å². The van der Waals surface area contributed by atoms with Gasteiger partial charge in [-0.15, -0.1) is 0 Å². The van der Waals surface area contributed by atoms with E-state index in [4.69, 9.17) is 0 Å². The average Bonchev–Trinajstić information content (AvgIpc) is 2.13. The van der Waals surface area contributed by atoms with Gasteiger partial charge in [0.15, 0.2) is 0 Å². The van der Waals surface area contributed by atoms with Crippen LogP contribution in [0.2, 0.25) is 0 Å². The Balaban J connectivity index is 1.74. The van der Waals surface area contributed by atoms with E-state index in [1.807, 2.05) is 4.90 Å². The molecule has 1 saturated carbocycles. The first-order valence-electron chi connectivity index (χ1n) is 5.97. The van der Waals surface area contributed by atoms with Crippen molar-refractivity contribution in [1.29, 1.82) is 0 Å². The third-order valence-corrected chi connectivity index (χ3v) is 3.48. The van der Waals surface area contributed by atoms with Crippen LogP contribution in [0.25, 0.3) is 0 Å². The highest BCUT2D eigenvalue weighted by Crippen LogP contribution is 2.36. The highest BCUT2D eigenvalue weighted by molar-refractivity contribution is 4.81. The van der Waals surface area contributed by atoms with Crippen LogP contribution < -0.4 is 5.32 Å². The SMILES string of the molecule is FC(F)(CC1CCC1)CN1CCNCC1. The van der Waals surface area contributed by atoms with Gasteiger partial charge in [0.25, 0.3) is 5.92 Å². The minimum absolute atomic E-state index is 0.0365. The molecule has 0 aromatic carbocycles. The average molecular weight is 218 g/mol. The summed E-state index contributed by atoms with van der Waals surface area (Å²) in [4.78, 5) is 1.88. The molecular weight excluding hydrogens is 198 g/mol. The molecule has 88 valence electrons. The number of piperazine rings is 1. The van der Waals surface area contributed by atoms with Gasteiger partial charge in [0, 0.05) is 32.6 Å². The lowest BCUT2D eigenvalue weighted by Crippen LogP contribution is -2.48. The van der Waals surface area contributed by atoms with Gasteiger partial charge >= 0.3 is 0 Å². The number of nitrogens with one attached hydrogen (secondary N) is 1. The maximum Gasteiger partial charge on any atom is 0.260 e. The molecule has 0 atom stereocenters. The number of hydrogen-bond donors (Lipinski definition) is 1. The summed E-state index contributed by atoms with van der Waals surface area (Å²) in [7, 11) is 0. The fraction of sp³-hybridized carbons (Fsp3) is 1.00. The van der Waals surface area contributed by atoms with Gasteiger partial charge in [-0.25, -0.2) is 8.78 Å². The summed E-state index contributed by atoms with van der Waals surface area (Å²) < 4.78 is 27.2. The zero-order valence-corrected chi connectivity index (χ0v) is 9.14. The van der Waals surface area contributed by atoms with Crippen LogP contribution >= 0.6 is 0 Å². The summed E-state index contributed by atoms with van der Waals surface area (Å²) in [5, 5.41) is 3.18. The second-order valence-electron chi connectivity index (χ2n) is 4.88. The second-order valence-corrected chi connectivity index (χ2v) is 4.88. The highest BCUT2D eigenvalue weighted by Gasteiger charge is 2.36. The molecule has 1 N–H and O–H groups in total. The van der Waals surface area contributed by atoms with E-state index in [2.05, 4.69) is 5.32 Å². The third kappa shape index (κ3) is 3.38. The molecule has 15 heavy (non-hydrogen) atoms. The smallest absolute Gasteiger partial charge is 0.260 e. The van der Waals surface area contributed by atoms with E-state index in [1.165, 1.54) is 0 Å². The summed E-state index contributed by atoms with van der Waals surface area (Å²) in [5.41, 5.74) is 0. The summed E-state index contributed by atoms with van der Waals surface area (Å²) in [6.07, 6.45) is 3.28. The normalized spacial score (nSPS) is 25.2. The Bertz CT molecular complexity index is 199. The Morgan fingerprint density at radius 3 is 2.40 bits per heavy atom. The quantitative estimate of drug-likeness (QED) is 0.773. The van der Waals surface area contributed by atoms with Crippen LogP contribution in [0.5, 0.6) is 0 Å². The Hall–Kier alpha value is -0.220. The Labute approximate surface area is 90.0 Å². The van der Waals surface area contributed by atoms with E-state index in [0.29, 0.717) is 5.92 Å². The van der Waals surface area contributed by atoms with E-state index in [0.717, 1.165) is 45.4 Å². The molecule has 1 aliphatic carbocycles. The highest BCUT2D eigenvalue weighted by atomic mass is 19.3. The first-order chi connectivity index (χ1) is 7.16. The first kappa shape index (κ1) is 11.3. The van der Waals surface area contributed by atoms with Gasteiger partial charge in [-0.05, 0) is 5.92 Å². The number of halogens is 2. The molecule has 0 amide bonds. The van der Waals surface area contributed by atoms with E-state index in [-0.39, 0.29) is 13.0 Å². The lowest BCUT2D eigenvalue weighted by atomic mass is 9.81. The van der Waals surface area contributed by atoms with Gasteiger partial charge in [-0.2, -0.15) is 0 Å². The molecule has 2 aliphatic rings. The number of nitrogens with zero attached hydrogens (tertiary/aromatic N) is 1. The van der Waals surface area contributed by atoms with Gasteiger partial charge in [-0.3, -0.25) is 4.90 Å². The molecule has 0 aromatic rings. The summed E-state index contributed by atoms with van der Waals surface area (Å²) >= 11 is 0. The van der Waals surface area contributed by atoms with Crippen molar-refractivity contribution in [2.24, 2.45) is 5.92 Å². The van der Waals surface area contributed by atoms with Crippen molar-refractivity contribution in [2.75, 3.05) is 32.7 Å². The monoisotopic (exact) mass is 218 g/mol. The topological polar surface area (TPSA) is 15.3 Å². The predicted molar refractivity (Wildman–Crippen MR) is 56.2 cm³/mol. The fourth-order valence-corrected chi connectivity index (χ4v) is 2.38. The molecule has 4 heteroatoms. The van der Waals surface area contributed by atoms with Crippen molar-refractivity contribution in [1.82, 2.24) is 10.2 Å². The van der Waals surface area contributed by atoms with Crippen LogP contribution in [-0.4, -0.2) is 43.5 Å². The van der Waals surface area contributed by atoms with Crippen molar-refractivity contribution in [3.63, 3.8) is 0 Å². The number of hydrogen-bond acceptors (Lipinski definition) is 2. The van der Waals surface area contributed by atoms with E-state index < -0.39 is 5.92 Å². The minimum atomic E-state index is -2.47. The standard InChI is InChI=1S/C11H20F2N2/c12-11(13,8-10-2-1-3-10)9-15-6-4-14-5-7-15/h10,14H,1-9H2. The molecule has 1 aliphatic heterocycles. The molecule has 2 rings (SSSR count). The fourth-order valence-electron chi connectivity index (χ4n) is 2.38. The van der Waals surface area contributed by atoms with Crippen LogP contribution in [-0.2, 0) is 0 Å². The number of alkyl halides is 2. The van der Waals surface area contributed by atoms with E-state index >= 15 is 0 Å². The molecule has 0 aromatic heterocycles. The summed E-state index contributed by atoms with van der Waals surface area (Å²) in [6.45, 7) is 3.19. The van der Waals surface area contributed by atoms with E-state index in [9.17, 15) is 8.78 Å². The first-order valence-corrected chi connectivity index (χ1v) is 5.97. The molecular formula is C11H20F2N2. The van der Waals surface area contributed by atoms with Crippen molar-refractivity contribution in [3.8, 4) is 0 Å². The molecule has 2 nitrogen and oxygen atoms in total. The van der Waals surface area contributed by atoms with Gasteiger partial charge < -0.3 is 5.32 Å². The second kappa shape index (κ2) is 4.74. The maximum atomic E-state index is 13.6. The third-order valence-electron chi connectivity index (χ3n) is 3.48. The van der Waals surface area contributed by atoms with Gasteiger partial charge in [-0.1, -0.05) is 19.3 Å². The zero-order chi connectivity index (χ0) is 10.7. The Morgan fingerprint density at radius 2 is 1.87 bits per heavy atom. The van der Waals surface area contributed by atoms with Gasteiger partial charge in [0.1, 0.15) is 0 Å². The maximum absolute atomic E-state index is 13.6. The lowest BCUT2D eigenvalue weighted by Gasteiger charge is -2.34. The van der Waals surface area contributed by atoms with Crippen molar-refractivity contribution < 1.29 is 8.78 Å². The molecule has 0 unspecified atom stereocenters. The Kier molecular flexibility index (Phi) is 3.57. The molecule has 1 heterocycles. The van der Waals surface area contributed by atoms with Crippen molar-refractivity contribution in [3.05, 3.63) is 0 Å². The van der Waals surface area contributed by atoms with Crippen LogP contribution in [0, 0.1) is 5.92 Å². The molecule has 0 spiro atoms. The van der Waals surface area contributed by atoms with Crippen LogP contribution in [0.3, 0.4) is 0 Å². The molecule has 0 radical (unpaired) electrons. The van der Waals surface area contributed by atoms with Crippen molar-refractivity contribution >= 4 is 0 Å². The number of rotatable bonds is 4. The van der Waals surface area contributed by atoms with Gasteiger partial charge in [0.05, 0.1) is 6.54 Å². The minimum Gasteiger partial charge on any atom is -0.314 e. The van der Waals surface area contributed by atoms with E-state index in [1.54, 1.807) is 0 Å². The predicted octanol–water partition coefficient (Wildman–Crippen LogP) is 1.72. The summed E-state index contributed by atoms with van der Waals surface area (Å²) in [5.74, 6) is -2.18. The molecule has 0 bridgehead atoms. The van der Waals surface area contributed by atoms with Crippen LogP contribution in [0.15, 0.2) is 0 Å². The zero-order valence-electron chi connectivity index (χ0n) is 9.14. The Morgan fingerprint density at radius 1 is 1.20 bits per heavy atom. The lowest BCUT2D eigenvalue weighted by molar-refractivity contribution is -0.0612. The van der Waals surface area contributed by atoms with Crippen LogP contribution in [0.1, 0.15) is 25.7 Å². The molecule has 1 saturated heterocycles. The largest absolute Gasteiger partial charge is 0.314 e. The summed E-state index contributed by atoms with van der Waals surface area (Å²) in [6, 6.07) is 0. The van der Waals surface area contributed by atoms with Crippen molar-refractivity contribution in [2.45, 2.75) is 31.6 Å².